The standard InChI is InChI=1S/C15H12ClNO2/c1-17(10-18)14-8-7-12(16)9-13(14)15(19)11-5-3-2-4-6-11/h2-10H,1H3. The average molecular weight is 274 g/mol. The zero-order valence-corrected chi connectivity index (χ0v) is 11.1. The van der Waals surface area contributed by atoms with Crippen LogP contribution in [0, 0.1) is 0 Å². The Kier molecular flexibility index (Phi) is 3.97. The molecule has 0 aliphatic rings. The number of benzene rings is 2. The Labute approximate surface area is 116 Å². The lowest BCUT2D eigenvalue weighted by atomic mass is 10.0. The summed E-state index contributed by atoms with van der Waals surface area (Å²) in [7, 11) is 1.60. The van der Waals surface area contributed by atoms with Gasteiger partial charge in [-0.1, -0.05) is 41.9 Å². The molecule has 2 aromatic carbocycles. The molecule has 96 valence electrons. The molecule has 0 N–H and O–H groups in total. The van der Waals surface area contributed by atoms with E-state index in [0.717, 1.165) is 0 Å². The highest BCUT2D eigenvalue weighted by molar-refractivity contribution is 6.31. The van der Waals surface area contributed by atoms with Crippen molar-refractivity contribution in [3.05, 3.63) is 64.7 Å². The third-order valence-electron chi connectivity index (χ3n) is 2.78. The molecule has 2 aromatic rings. The number of hydrogen-bond donors (Lipinski definition) is 0. The van der Waals surface area contributed by atoms with E-state index in [-0.39, 0.29) is 5.78 Å². The van der Waals surface area contributed by atoms with E-state index in [0.29, 0.717) is 28.2 Å². The topological polar surface area (TPSA) is 37.4 Å². The highest BCUT2D eigenvalue weighted by Crippen LogP contribution is 2.25. The Morgan fingerprint density at radius 3 is 2.47 bits per heavy atom. The summed E-state index contributed by atoms with van der Waals surface area (Å²) in [6.45, 7) is 0. The number of carbonyl (C=O) groups excluding carboxylic acids is 2. The molecule has 0 fully saturated rings. The molecule has 0 aliphatic carbocycles. The van der Waals surface area contributed by atoms with Crippen LogP contribution in [0.1, 0.15) is 15.9 Å². The summed E-state index contributed by atoms with van der Waals surface area (Å²) in [5, 5.41) is 0.460. The Hall–Kier alpha value is -2.13. The first-order valence-corrected chi connectivity index (χ1v) is 6.08. The predicted octanol–water partition coefficient (Wildman–Crippen LogP) is 3.16. The zero-order valence-electron chi connectivity index (χ0n) is 10.3. The Morgan fingerprint density at radius 2 is 1.84 bits per heavy atom. The van der Waals surface area contributed by atoms with Crippen LogP contribution in [0.2, 0.25) is 5.02 Å². The summed E-state index contributed by atoms with van der Waals surface area (Å²) in [4.78, 5) is 24.7. The minimum absolute atomic E-state index is 0.160. The van der Waals surface area contributed by atoms with E-state index in [4.69, 9.17) is 11.6 Å². The lowest BCUT2D eigenvalue weighted by Gasteiger charge is -2.15. The van der Waals surface area contributed by atoms with Gasteiger partial charge in [-0.2, -0.15) is 0 Å². The van der Waals surface area contributed by atoms with Crippen molar-refractivity contribution >= 4 is 29.5 Å². The van der Waals surface area contributed by atoms with Crippen LogP contribution in [-0.2, 0) is 4.79 Å². The zero-order chi connectivity index (χ0) is 13.8. The fourth-order valence-electron chi connectivity index (χ4n) is 1.80. The van der Waals surface area contributed by atoms with E-state index in [1.54, 1.807) is 49.5 Å². The van der Waals surface area contributed by atoms with Crippen LogP contribution < -0.4 is 4.90 Å². The molecule has 0 saturated carbocycles. The van der Waals surface area contributed by atoms with Crippen LogP contribution >= 0.6 is 11.6 Å². The van der Waals surface area contributed by atoms with E-state index in [1.165, 1.54) is 4.90 Å². The van der Waals surface area contributed by atoms with Gasteiger partial charge in [-0.15, -0.1) is 0 Å². The second-order valence-electron chi connectivity index (χ2n) is 4.07. The Morgan fingerprint density at radius 1 is 1.16 bits per heavy atom. The number of halogens is 1. The molecule has 0 saturated heterocycles. The molecule has 0 aliphatic heterocycles. The van der Waals surface area contributed by atoms with Crippen molar-refractivity contribution in [1.82, 2.24) is 0 Å². The van der Waals surface area contributed by atoms with Gasteiger partial charge in [-0.3, -0.25) is 9.59 Å². The van der Waals surface area contributed by atoms with E-state index >= 15 is 0 Å². The fourth-order valence-corrected chi connectivity index (χ4v) is 1.97. The van der Waals surface area contributed by atoms with Crippen LogP contribution in [0.5, 0.6) is 0 Å². The van der Waals surface area contributed by atoms with Gasteiger partial charge < -0.3 is 4.90 Å². The van der Waals surface area contributed by atoms with Crippen LogP contribution in [0.4, 0.5) is 5.69 Å². The number of anilines is 1. The number of amides is 1. The maximum absolute atomic E-state index is 12.4. The predicted molar refractivity (Wildman–Crippen MR) is 75.8 cm³/mol. The Bertz CT molecular complexity index is 611. The molecule has 0 bridgehead atoms. The van der Waals surface area contributed by atoms with Gasteiger partial charge in [0.1, 0.15) is 0 Å². The van der Waals surface area contributed by atoms with Crippen LogP contribution in [0.25, 0.3) is 0 Å². The molecule has 4 heteroatoms. The van der Waals surface area contributed by atoms with Crippen molar-refractivity contribution in [2.75, 3.05) is 11.9 Å². The summed E-state index contributed by atoms with van der Waals surface area (Å²) >= 11 is 5.94. The van der Waals surface area contributed by atoms with Gasteiger partial charge in [0.2, 0.25) is 6.41 Å². The molecule has 1 amide bonds. The third-order valence-corrected chi connectivity index (χ3v) is 3.01. The van der Waals surface area contributed by atoms with Crippen molar-refractivity contribution in [2.45, 2.75) is 0 Å². The summed E-state index contributed by atoms with van der Waals surface area (Å²) in [6.07, 6.45) is 0.658. The van der Waals surface area contributed by atoms with Gasteiger partial charge in [-0.25, -0.2) is 0 Å². The first-order chi connectivity index (χ1) is 9.13. The van der Waals surface area contributed by atoms with Gasteiger partial charge in [0.25, 0.3) is 0 Å². The molecule has 0 unspecified atom stereocenters. The maximum Gasteiger partial charge on any atom is 0.213 e. The Balaban J connectivity index is 2.52. The van der Waals surface area contributed by atoms with Gasteiger partial charge in [-0.05, 0) is 18.2 Å². The molecule has 0 spiro atoms. The maximum atomic E-state index is 12.4. The first-order valence-electron chi connectivity index (χ1n) is 5.71. The van der Waals surface area contributed by atoms with Crippen LogP contribution in [0.15, 0.2) is 48.5 Å². The molecule has 0 aromatic heterocycles. The van der Waals surface area contributed by atoms with Crippen LogP contribution in [-0.4, -0.2) is 19.2 Å². The molecule has 2 rings (SSSR count). The third kappa shape index (κ3) is 2.83. The molecular formula is C15H12ClNO2. The van der Waals surface area contributed by atoms with Gasteiger partial charge >= 0.3 is 0 Å². The number of carbonyl (C=O) groups is 2. The van der Waals surface area contributed by atoms with Crippen molar-refractivity contribution in [1.29, 1.82) is 0 Å². The monoisotopic (exact) mass is 273 g/mol. The highest BCUT2D eigenvalue weighted by atomic mass is 35.5. The molecule has 0 heterocycles. The molecule has 0 atom stereocenters. The van der Waals surface area contributed by atoms with E-state index in [9.17, 15) is 9.59 Å². The number of hydrogen-bond acceptors (Lipinski definition) is 2. The second kappa shape index (κ2) is 5.67. The van der Waals surface area contributed by atoms with Crippen molar-refractivity contribution < 1.29 is 9.59 Å². The number of rotatable bonds is 4. The van der Waals surface area contributed by atoms with Crippen molar-refractivity contribution in [3.63, 3.8) is 0 Å². The SMILES string of the molecule is CN(C=O)c1ccc(Cl)cc1C(=O)c1ccccc1. The lowest BCUT2D eigenvalue weighted by molar-refractivity contribution is -0.107. The van der Waals surface area contributed by atoms with Crippen molar-refractivity contribution in [3.8, 4) is 0 Å². The summed E-state index contributed by atoms with van der Waals surface area (Å²) in [6, 6.07) is 13.8. The molecule has 3 nitrogen and oxygen atoms in total. The fraction of sp³-hybridized carbons (Fsp3) is 0.0667. The van der Waals surface area contributed by atoms with E-state index in [1.807, 2.05) is 6.07 Å². The quantitative estimate of drug-likeness (QED) is 0.634. The molecular weight excluding hydrogens is 262 g/mol. The largest absolute Gasteiger partial charge is 0.317 e. The van der Waals surface area contributed by atoms with E-state index in [2.05, 4.69) is 0 Å². The second-order valence-corrected chi connectivity index (χ2v) is 4.51. The smallest absolute Gasteiger partial charge is 0.213 e. The summed E-state index contributed by atoms with van der Waals surface area (Å²) in [5.41, 5.74) is 1.51. The lowest BCUT2D eigenvalue weighted by Crippen LogP contribution is -2.17. The molecule has 0 radical (unpaired) electrons. The highest BCUT2D eigenvalue weighted by Gasteiger charge is 2.16. The summed E-state index contributed by atoms with van der Waals surface area (Å²) < 4.78 is 0. The van der Waals surface area contributed by atoms with E-state index < -0.39 is 0 Å². The minimum atomic E-state index is -0.160. The number of ketones is 1. The van der Waals surface area contributed by atoms with Gasteiger partial charge in [0.15, 0.2) is 5.78 Å². The van der Waals surface area contributed by atoms with Gasteiger partial charge in [0.05, 0.1) is 5.69 Å². The average Bonchev–Trinajstić information content (AvgIpc) is 2.46. The summed E-state index contributed by atoms with van der Waals surface area (Å²) in [5.74, 6) is -0.160. The minimum Gasteiger partial charge on any atom is -0.317 e. The van der Waals surface area contributed by atoms with Gasteiger partial charge in [0, 0.05) is 23.2 Å². The first kappa shape index (κ1) is 13.3. The molecule has 19 heavy (non-hydrogen) atoms. The van der Waals surface area contributed by atoms with Crippen LogP contribution in [0.3, 0.4) is 0 Å². The van der Waals surface area contributed by atoms with Crippen molar-refractivity contribution in [2.24, 2.45) is 0 Å². The normalized spacial score (nSPS) is 10.0. The number of nitrogens with zero attached hydrogens (tertiary/aromatic N) is 1.